The van der Waals surface area contributed by atoms with Crippen molar-refractivity contribution < 1.29 is 19.1 Å². The van der Waals surface area contributed by atoms with E-state index in [1.807, 2.05) is 13.0 Å². The van der Waals surface area contributed by atoms with Crippen LogP contribution in [0, 0.1) is 50.2 Å². The molecule has 5 aliphatic carbocycles. The lowest BCUT2D eigenvalue weighted by Gasteiger charge is -2.69. The third kappa shape index (κ3) is 3.13. The van der Waals surface area contributed by atoms with Gasteiger partial charge in [-0.3, -0.25) is 14.4 Å². The van der Waals surface area contributed by atoms with Gasteiger partial charge in [-0.15, -0.1) is 0 Å². The highest BCUT2D eigenvalue weighted by Gasteiger charge is 2.69. The van der Waals surface area contributed by atoms with Gasteiger partial charge in [0.1, 0.15) is 0 Å². The molecule has 0 aromatic heterocycles. The van der Waals surface area contributed by atoms with E-state index in [1.165, 1.54) is 12.7 Å². The maximum absolute atomic E-state index is 14.3. The van der Waals surface area contributed by atoms with Crippen LogP contribution < -0.4 is 0 Å². The van der Waals surface area contributed by atoms with Crippen molar-refractivity contribution in [3.05, 3.63) is 21.3 Å². The van der Waals surface area contributed by atoms with Gasteiger partial charge in [0.15, 0.2) is 11.6 Å². The molecule has 0 heterocycles. The molecule has 0 spiro atoms. The van der Waals surface area contributed by atoms with Crippen molar-refractivity contribution >= 4 is 40.1 Å². The fourth-order valence-electron chi connectivity index (χ4n) is 9.99. The number of hydrogen-bond acceptors (Lipinski definition) is 4. The average molecular weight is 607 g/mol. The molecular weight excluding hydrogens is 563 g/mol. The molecule has 36 heavy (non-hydrogen) atoms. The molecule has 0 saturated heterocycles. The Bertz CT molecular complexity index is 1120. The molecule has 0 aromatic carbocycles. The Morgan fingerprint density at radius 2 is 1.61 bits per heavy atom. The van der Waals surface area contributed by atoms with Crippen LogP contribution in [0.5, 0.6) is 0 Å². The van der Waals surface area contributed by atoms with E-state index in [4.69, 9.17) is 4.74 Å². The normalized spacial score (nSPS) is 49.5. The van der Waals surface area contributed by atoms with Gasteiger partial charge in [-0.25, -0.2) is 0 Å². The molecule has 5 rings (SSSR count). The van der Waals surface area contributed by atoms with Crippen LogP contribution in [0.25, 0.3) is 0 Å². The van der Waals surface area contributed by atoms with E-state index >= 15 is 0 Å². The summed E-state index contributed by atoms with van der Waals surface area (Å²) in [5, 5.41) is 0. The van der Waals surface area contributed by atoms with Crippen LogP contribution in [0.3, 0.4) is 0 Å². The maximum Gasteiger partial charge on any atom is 0.311 e. The van der Waals surface area contributed by atoms with Crippen LogP contribution in [0.15, 0.2) is 21.3 Å². The Morgan fingerprint density at radius 3 is 2.25 bits per heavy atom. The Labute approximate surface area is 230 Å². The average Bonchev–Trinajstić information content (AvgIpc) is 2.80. The third-order valence-corrected chi connectivity index (χ3v) is 13.4. The summed E-state index contributed by atoms with van der Waals surface area (Å²) in [7, 11) is 1.48. The summed E-state index contributed by atoms with van der Waals surface area (Å²) < 4.78 is 6.04. The van der Waals surface area contributed by atoms with Crippen LogP contribution in [-0.2, 0) is 19.1 Å². The fraction of sp³-hybridized carbons (Fsp3) is 0.774. The van der Waals surface area contributed by atoms with Crippen LogP contribution >= 0.6 is 22.6 Å². The van der Waals surface area contributed by atoms with Crippen LogP contribution in [0.1, 0.15) is 93.4 Å². The standard InChI is InChI=1S/C31H43IO4/c1-26(2)21-9-10-30(6)22(29(21,5)17-19(32)24(26)34)15-20(33)23-18-16-28(4,25(35)36-8)12-11-27(18,3)13-14-31(23,30)7/h15,17-18,21,23H,9-14,16H2,1-8H3/t18-,21-,23-,27+,28-,29-,30+,31+/m0/s1. The van der Waals surface area contributed by atoms with Crippen molar-refractivity contribution in [2.75, 3.05) is 7.11 Å². The molecule has 3 fully saturated rings. The molecule has 0 N–H and O–H groups in total. The van der Waals surface area contributed by atoms with Gasteiger partial charge >= 0.3 is 5.97 Å². The minimum Gasteiger partial charge on any atom is -0.469 e. The molecular formula is C31H43IO4. The zero-order valence-corrected chi connectivity index (χ0v) is 25.5. The number of methoxy groups -OCH3 is 1. The molecule has 0 aromatic rings. The highest BCUT2D eigenvalue weighted by molar-refractivity contribution is 14.1. The number of carbonyl (C=O) groups excluding carboxylic acids is 3. The molecule has 5 heteroatoms. The number of ether oxygens (including phenoxy) is 1. The zero-order chi connectivity index (χ0) is 26.7. The Hall–Kier alpha value is -0.980. The topological polar surface area (TPSA) is 60.4 Å². The highest BCUT2D eigenvalue weighted by atomic mass is 127. The largest absolute Gasteiger partial charge is 0.469 e. The monoisotopic (exact) mass is 606 g/mol. The molecule has 0 radical (unpaired) electrons. The lowest BCUT2D eigenvalue weighted by Crippen LogP contribution is -2.64. The predicted octanol–water partition coefficient (Wildman–Crippen LogP) is 7.25. The quantitative estimate of drug-likeness (QED) is 0.233. The van der Waals surface area contributed by atoms with E-state index in [9.17, 15) is 14.4 Å². The summed E-state index contributed by atoms with van der Waals surface area (Å²) >= 11 is 2.22. The second-order valence-electron chi connectivity index (χ2n) is 14.6. The van der Waals surface area contributed by atoms with Crippen molar-refractivity contribution in [3.63, 3.8) is 0 Å². The summed E-state index contributed by atoms with van der Waals surface area (Å²) in [6.07, 6.45) is 10.8. The van der Waals surface area contributed by atoms with Crippen LogP contribution in [0.4, 0.5) is 0 Å². The number of halogens is 1. The van der Waals surface area contributed by atoms with Crippen LogP contribution in [0.2, 0.25) is 0 Å². The number of ketones is 2. The predicted molar refractivity (Wildman–Crippen MR) is 149 cm³/mol. The number of carbonyl (C=O) groups is 3. The number of Topliss-reactive ketones (excluding diaryl/α,β-unsaturated/α-hetero) is 1. The first-order valence-electron chi connectivity index (χ1n) is 13.8. The summed E-state index contributed by atoms with van der Waals surface area (Å²) in [6, 6.07) is 0. The molecule has 0 amide bonds. The smallest absolute Gasteiger partial charge is 0.311 e. The molecule has 5 aliphatic rings. The Kier molecular flexibility index (Phi) is 5.76. The number of fused-ring (bicyclic) bond motifs is 7. The van der Waals surface area contributed by atoms with E-state index in [0.717, 1.165) is 48.5 Å². The summed E-state index contributed by atoms with van der Waals surface area (Å²) in [4.78, 5) is 40.3. The SMILES string of the molecule is COC(=O)[C@@]1(C)CC[C@]2(C)CC[C@]3(C)[C@H](C(=O)C=C4[C@@]5(C)C=C(I)C(=O)C(C)(C)[C@@H]5CC[C@]43C)[C@@H]2C1. The van der Waals surface area contributed by atoms with E-state index in [-0.39, 0.29) is 56.9 Å². The van der Waals surface area contributed by atoms with Crippen molar-refractivity contribution in [2.45, 2.75) is 93.4 Å². The third-order valence-electron chi connectivity index (χ3n) is 12.6. The van der Waals surface area contributed by atoms with Crippen molar-refractivity contribution in [1.29, 1.82) is 0 Å². The van der Waals surface area contributed by atoms with Crippen molar-refractivity contribution in [1.82, 2.24) is 0 Å². The fourth-order valence-corrected chi connectivity index (χ4v) is 11.3. The van der Waals surface area contributed by atoms with Crippen molar-refractivity contribution in [3.8, 4) is 0 Å². The highest BCUT2D eigenvalue weighted by Crippen LogP contribution is 2.74. The molecule has 198 valence electrons. The van der Waals surface area contributed by atoms with E-state index in [2.05, 4.69) is 70.2 Å². The minimum atomic E-state index is -0.529. The van der Waals surface area contributed by atoms with E-state index in [0.29, 0.717) is 0 Å². The van der Waals surface area contributed by atoms with Crippen molar-refractivity contribution in [2.24, 2.45) is 50.2 Å². The van der Waals surface area contributed by atoms with Gasteiger partial charge in [0.25, 0.3) is 0 Å². The lowest BCUT2D eigenvalue weighted by molar-refractivity contribution is -0.179. The van der Waals surface area contributed by atoms with Gasteiger partial charge in [0.05, 0.1) is 16.1 Å². The molecule has 0 aliphatic heterocycles. The van der Waals surface area contributed by atoms with Crippen LogP contribution in [-0.4, -0.2) is 24.6 Å². The zero-order valence-electron chi connectivity index (χ0n) is 23.3. The second-order valence-corrected chi connectivity index (χ2v) is 15.8. The minimum absolute atomic E-state index is 0.0741. The first kappa shape index (κ1) is 26.6. The van der Waals surface area contributed by atoms with E-state index < -0.39 is 10.8 Å². The molecule has 8 atom stereocenters. The van der Waals surface area contributed by atoms with E-state index in [1.54, 1.807) is 0 Å². The molecule has 0 unspecified atom stereocenters. The number of allylic oxidation sites excluding steroid dienone is 4. The van der Waals surface area contributed by atoms with Gasteiger partial charge in [0.2, 0.25) is 0 Å². The summed E-state index contributed by atoms with van der Waals surface area (Å²) in [5.74, 6) is 0.616. The van der Waals surface area contributed by atoms with Gasteiger partial charge in [-0.2, -0.15) is 0 Å². The summed E-state index contributed by atoms with van der Waals surface area (Å²) in [5.41, 5.74) is -0.256. The first-order valence-corrected chi connectivity index (χ1v) is 14.9. The Morgan fingerprint density at radius 1 is 0.972 bits per heavy atom. The molecule has 3 saturated carbocycles. The second kappa shape index (κ2) is 7.79. The molecule has 0 bridgehead atoms. The van der Waals surface area contributed by atoms with Gasteiger partial charge in [-0.1, -0.05) is 53.2 Å². The van der Waals surface area contributed by atoms with Gasteiger partial charge in [0, 0.05) is 16.7 Å². The van der Waals surface area contributed by atoms with Gasteiger partial charge < -0.3 is 4.74 Å². The Balaban J connectivity index is 1.65. The molecule has 4 nitrogen and oxygen atoms in total. The number of esters is 1. The lowest BCUT2D eigenvalue weighted by atomic mass is 9.34. The maximum atomic E-state index is 14.3. The number of rotatable bonds is 1. The first-order chi connectivity index (χ1) is 16.5. The number of hydrogen-bond donors (Lipinski definition) is 0. The van der Waals surface area contributed by atoms with Gasteiger partial charge in [-0.05, 0) is 109 Å². The summed E-state index contributed by atoms with van der Waals surface area (Å²) in [6.45, 7) is 15.7.